The first-order valence-corrected chi connectivity index (χ1v) is 7.50. The SMILES string of the molecule is CC1CCC(C(=O)O)CN1C(=O)CCc1cccs1. The Morgan fingerprint density at radius 2 is 2.26 bits per heavy atom. The highest BCUT2D eigenvalue weighted by molar-refractivity contribution is 7.09. The van der Waals surface area contributed by atoms with Gasteiger partial charge in [0.05, 0.1) is 5.92 Å². The zero-order chi connectivity index (χ0) is 13.8. The van der Waals surface area contributed by atoms with Crippen LogP contribution in [0.5, 0.6) is 0 Å². The molecule has 1 aromatic heterocycles. The van der Waals surface area contributed by atoms with Crippen molar-refractivity contribution in [3.8, 4) is 0 Å². The molecule has 4 nitrogen and oxygen atoms in total. The Hall–Kier alpha value is -1.36. The molecule has 5 heteroatoms. The van der Waals surface area contributed by atoms with Gasteiger partial charge < -0.3 is 10.0 Å². The van der Waals surface area contributed by atoms with E-state index in [-0.39, 0.29) is 11.9 Å². The first-order chi connectivity index (χ1) is 9.08. The monoisotopic (exact) mass is 281 g/mol. The molecular weight excluding hydrogens is 262 g/mol. The second-order valence-corrected chi connectivity index (χ2v) is 6.12. The van der Waals surface area contributed by atoms with Gasteiger partial charge in [-0.05, 0) is 37.6 Å². The normalized spacial score (nSPS) is 23.3. The summed E-state index contributed by atoms with van der Waals surface area (Å²) in [6, 6.07) is 4.16. The van der Waals surface area contributed by atoms with E-state index in [0.717, 1.165) is 12.8 Å². The van der Waals surface area contributed by atoms with Gasteiger partial charge in [0.25, 0.3) is 0 Å². The number of likely N-dealkylation sites (tertiary alicyclic amines) is 1. The number of carbonyl (C=O) groups excluding carboxylic acids is 1. The maximum Gasteiger partial charge on any atom is 0.308 e. The molecule has 1 saturated heterocycles. The molecule has 0 spiro atoms. The van der Waals surface area contributed by atoms with Crippen LogP contribution >= 0.6 is 11.3 Å². The van der Waals surface area contributed by atoms with Crippen molar-refractivity contribution in [3.63, 3.8) is 0 Å². The highest BCUT2D eigenvalue weighted by atomic mass is 32.1. The van der Waals surface area contributed by atoms with E-state index >= 15 is 0 Å². The first kappa shape index (κ1) is 14.1. The third-order valence-corrected chi connectivity index (χ3v) is 4.65. The summed E-state index contributed by atoms with van der Waals surface area (Å²) in [5.74, 6) is -1.11. The molecule has 1 aliphatic heterocycles. The van der Waals surface area contributed by atoms with Crippen LogP contribution in [0.2, 0.25) is 0 Å². The summed E-state index contributed by atoms with van der Waals surface area (Å²) in [4.78, 5) is 26.2. The van der Waals surface area contributed by atoms with Gasteiger partial charge in [-0.25, -0.2) is 0 Å². The molecular formula is C14H19NO3S. The van der Waals surface area contributed by atoms with Crippen LogP contribution in [-0.2, 0) is 16.0 Å². The minimum Gasteiger partial charge on any atom is -0.481 e. The van der Waals surface area contributed by atoms with Gasteiger partial charge in [-0.15, -0.1) is 11.3 Å². The standard InChI is InChI=1S/C14H19NO3S/c1-10-4-5-11(14(17)18)9-15(10)13(16)7-6-12-3-2-8-19-12/h2-3,8,10-11H,4-7,9H2,1H3,(H,17,18). The minimum absolute atomic E-state index is 0.0758. The largest absolute Gasteiger partial charge is 0.481 e. The molecule has 0 saturated carbocycles. The Bertz CT molecular complexity index is 444. The molecule has 2 heterocycles. The number of hydrogen-bond acceptors (Lipinski definition) is 3. The summed E-state index contributed by atoms with van der Waals surface area (Å²) in [5.41, 5.74) is 0. The molecule has 1 N–H and O–H groups in total. The molecule has 19 heavy (non-hydrogen) atoms. The predicted molar refractivity (Wildman–Crippen MR) is 74.2 cm³/mol. The lowest BCUT2D eigenvalue weighted by atomic mass is 9.93. The topological polar surface area (TPSA) is 57.6 Å². The van der Waals surface area contributed by atoms with Crippen LogP contribution in [-0.4, -0.2) is 34.5 Å². The lowest BCUT2D eigenvalue weighted by molar-refractivity contribution is -0.147. The molecule has 0 aliphatic carbocycles. The Morgan fingerprint density at radius 3 is 2.89 bits per heavy atom. The number of amides is 1. The highest BCUT2D eigenvalue weighted by Gasteiger charge is 2.32. The zero-order valence-corrected chi connectivity index (χ0v) is 11.9. The Balaban J connectivity index is 1.91. The third-order valence-electron chi connectivity index (χ3n) is 3.72. The molecule has 2 atom stereocenters. The van der Waals surface area contributed by atoms with Crippen molar-refractivity contribution in [2.24, 2.45) is 5.92 Å². The summed E-state index contributed by atoms with van der Waals surface area (Å²) in [7, 11) is 0. The van der Waals surface area contributed by atoms with Crippen LogP contribution in [0.15, 0.2) is 17.5 Å². The average molecular weight is 281 g/mol. The Morgan fingerprint density at radius 1 is 1.47 bits per heavy atom. The number of thiophene rings is 1. The van der Waals surface area contributed by atoms with Gasteiger partial charge in [0.1, 0.15) is 0 Å². The average Bonchev–Trinajstić information content (AvgIpc) is 2.89. The van der Waals surface area contributed by atoms with Crippen molar-refractivity contribution >= 4 is 23.2 Å². The van der Waals surface area contributed by atoms with Crippen LogP contribution in [0.25, 0.3) is 0 Å². The number of carbonyl (C=O) groups is 2. The van der Waals surface area contributed by atoms with E-state index in [1.54, 1.807) is 16.2 Å². The maximum atomic E-state index is 12.2. The quantitative estimate of drug-likeness (QED) is 0.922. The fraction of sp³-hybridized carbons (Fsp3) is 0.571. The van der Waals surface area contributed by atoms with E-state index in [9.17, 15) is 9.59 Å². The van der Waals surface area contributed by atoms with E-state index in [1.807, 2.05) is 24.4 Å². The zero-order valence-electron chi connectivity index (χ0n) is 11.0. The van der Waals surface area contributed by atoms with E-state index < -0.39 is 11.9 Å². The summed E-state index contributed by atoms with van der Waals surface area (Å²) < 4.78 is 0. The first-order valence-electron chi connectivity index (χ1n) is 6.62. The van der Waals surface area contributed by atoms with Crippen molar-refractivity contribution in [1.29, 1.82) is 0 Å². The molecule has 1 fully saturated rings. The van der Waals surface area contributed by atoms with E-state index in [4.69, 9.17) is 5.11 Å². The molecule has 1 amide bonds. The fourth-order valence-corrected chi connectivity index (χ4v) is 3.19. The van der Waals surface area contributed by atoms with Gasteiger partial charge in [0.2, 0.25) is 5.91 Å². The molecule has 0 radical (unpaired) electrons. The highest BCUT2D eigenvalue weighted by Crippen LogP contribution is 2.23. The van der Waals surface area contributed by atoms with Gasteiger partial charge in [0, 0.05) is 23.9 Å². The lowest BCUT2D eigenvalue weighted by Crippen LogP contribution is -2.47. The minimum atomic E-state index is -0.789. The molecule has 2 unspecified atom stereocenters. The predicted octanol–water partition coefficient (Wildman–Crippen LogP) is 2.39. The van der Waals surface area contributed by atoms with Crippen molar-refractivity contribution < 1.29 is 14.7 Å². The van der Waals surface area contributed by atoms with Crippen LogP contribution in [0.1, 0.15) is 31.1 Å². The van der Waals surface area contributed by atoms with Gasteiger partial charge in [0.15, 0.2) is 0 Å². The van der Waals surface area contributed by atoms with Crippen LogP contribution in [0.3, 0.4) is 0 Å². The van der Waals surface area contributed by atoms with Crippen molar-refractivity contribution in [2.45, 2.75) is 38.6 Å². The van der Waals surface area contributed by atoms with E-state index in [0.29, 0.717) is 19.4 Å². The van der Waals surface area contributed by atoms with Crippen LogP contribution in [0.4, 0.5) is 0 Å². The van der Waals surface area contributed by atoms with Gasteiger partial charge in [-0.1, -0.05) is 6.07 Å². The third kappa shape index (κ3) is 3.56. The second-order valence-electron chi connectivity index (χ2n) is 5.09. The number of aliphatic carboxylic acids is 1. The molecule has 0 bridgehead atoms. The second kappa shape index (κ2) is 6.19. The summed E-state index contributed by atoms with van der Waals surface area (Å²) >= 11 is 1.65. The van der Waals surface area contributed by atoms with Crippen molar-refractivity contribution in [2.75, 3.05) is 6.54 Å². The van der Waals surface area contributed by atoms with E-state index in [2.05, 4.69) is 0 Å². The number of carboxylic acids is 1. The number of carboxylic acid groups (broad SMARTS) is 1. The molecule has 1 aliphatic rings. The Labute approximate surface area is 117 Å². The summed E-state index contributed by atoms with van der Waals surface area (Å²) in [6.07, 6.45) is 2.67. The van der Waals surface area contributed by atoms with Crippen molar-refractivity contribution in [3.05, 3.63) is 22.4 Å². The van der Waals surface area contributed by atoms with Gasteiger partial charge >= 0.3 is 5.97 Å². The number of rotatable bonds is 4. The Kier molecular flexibility index (Phi) is 4.58. The molecule has 2 rings (SSSR count). The molecule has 104 valence electrons. The number of nitrogens with zero attached hydrogens (tertiary/aromatic N) is 1. The summed E-state index contributed by atoms with van der Waals surface area (Å²) in [6.45, 7) is 2.36. The van der Waals surface area contributed by atoms with Crippen LogP contribution in [0, 0.1) is 5.92 Å². The number of hydrogen-bond donors (Lipinski definition) is 1. The van der Waals surface area contributed by atoms with Crippen molar-refractivity contribution in [1.82, 2.24) is 4.90 Å². The maximum absolute atomic E-state index is 12.2. The summed E-state index contributed by atoms with van der Waals surface area (Å²) in [5, 5.41) is 11.1. The fourth-order valence-electron chi connectivity index (χ4n) is 2.48. The lowest BCUT2D eigenvalue weighted by Gasteiger charge is -2.36. The van der Waals surface area contributed by atoms with E-state index in [1.165, 1.54) is 4.88 Å². The number of aryl methyl sites for hydroxylation is 1. The molecule has 0 aromatic carbocycles. The molecule has 1 aromatic rings. The van der Waals surface area contributed by atoms with Gasteiger partial charge in [-0.3, -0.25) is 9.59 Å². The van der Waals surface area contributed by atoms with Crippen LogP contribution < -0.4 is 0 Å². The van der Waals surface area contributed by atoms with Gasteiger partial charge in [-0.2, -0.15) is 0 Å². The smallest absolute Gasteiger partial charge is 0.308 e. The number of piperidine rings is 1.